The third-order valence-electron chi connectivity index (χ3n) is 4.09. The molecule has 2 aromatic rings. The molecule has 1 saturated carbocycles. The topological polar surface area (TPSA) is 93.5 Å². The SMILES string of the molecule is CC.CC.CC.N/C=C(\NN)c1cc(OCC2CC2(F)F)c2sc(C(F)PO)c(Br)c2c1. The molecule has 0 aliphatic heterocycles. The number of halogens is 4. The molecule has 0 amide bonds. The normalized spacial score (nSPS) is 17.4. The summed E-state index contributed by atoms with van der Waals surface area (Å²) in [6, 6.07) is 3.34. The van der Waals surface area contributed by atoms with Crippen LogP contribution in [0.1, 0.15) is 64.3 Å². The molecule has 1 aromatic heterocycles. The molecule has 1 heterocycles. The van der Waals surface area contributed by atoms with Crippen molar-refractivity contribution in [1.29, 1.82) is 0 Å². The van der Waals surface area contributed by atoms with Gasteiger partial charge in [0.1, 0.15) is 5.75 Å². The molecule has 1 aliphatic rings. The average molecular weight is 560 g/mol. The number of hydrazine groups is 1. The Bertz CT molecular complexity index is 868. The van der Waals surface area contributed by atoms with Crippen LogP contribution in [0.15, 0.2) is 22.8 Å². The highest BCUT2D eigenvalue weighted by atomic mass is 79.9. The van der Waals surface area contributed by atoms with Crippen LogP contribution in [0.4, 0.5) is 13.2 Å². The van der Waals surface area contributed by atoms with Crippen molar-refractivity contribution in [3.63, 3.8) is 0 Å². The van der Waals surface area contributed by atoms with Gasteiger partial charge in [-0.1, -0.05) is 41.5 Å². The first kappa shape index (κ1) is 30.9. The van der Waals surface area contributed by atoms with Gasteiger partial charge in [-0.2, -0.15) is 0 Å². The van der Waals surface area contributed by atoms with E-state index in [0.29, 0.717) is 36.4 Å². The summed E-state index contributed by atoms with van der Waals surface area (Å²) in [7, 11) is -0.911. The maximum absolute atomic E-state index is 14.1. The molecule has 6 N–H and O–H groups in total. The molecular formula is C21H34BrF3N3O2PS. The van der Waals surface area contributed by atoms with Crippen LogP contribution in [0.2, 0.25) is 0 Å². The fraction of sp³-hybridized carbons (Fsp3) is 0.524. The molecule has 1 aromatic carbocycles. The molecule has 0 spiro atoms. The number of ether oxygens (including phenoxy) is 1. The Hall–Kier alpha value is -1.06. The van der Waals surface area contributed by atoms with E-state index in [1.54, 1.807) is 12.1 Å². The van der Waals surface area contributed by atoms with Crippen molar-refractivity contribution in [3.05, 3.63) is 33.2 Å². The van der Waals surface area contributed by atoms with E-state index < -0.39 is 26.6 Å². The summed E-state index contributed by atoms with van der Waals surface area (Å²) in [5.74, 6) is 0.727. The first-order valence-electron chi connectivity index (χ1n) is 10.5. The van der Waals surface area contributed by atoms with Gasteiger partial charge in [-0.15, -0.1) is 11.3 Å². The number of rotatable bonds is 7. The zero-order chi connectivity index (χ0) is 25.1. The van der Waals surface area contributed by atoms with Gasteiger partial charge in [-0.25, -0.2) is 13.2 Å². The largest absolute Gasteiger partial charge is 0.492 e. The summed E-state index contributed by atoms with van der Waals surface area (Å²) in [6.07, 6.45) is 1.06. The van der Waals surface area contributed by atoms with Crippen LogP contribution in [-0.2, 0) is 0 Å². The fourth-order valence-corrected chi connectivity index (χ4v) is 5.22. The summed E-state index contributed by atoms with van der Waals surface area (Å²) in [5, 5.41) is 0.621. The lowest BCUT2D eigenvalue weighted by Crippen LogP contribution is -2.21. The number of hydrogen-bond donors (Lipinski definition) is 4. The molecule has 1 aliphatic carbocycles. The molecule has 0 bridgehead atoms. The number of alkyl halides is 3. The van der Waals surface area contributed by atoms with Crippen LogP contribution < -0.4 is 21.7 Å². The highest BCUT2D eigenvalue weighted by molar-refractivity contribution is 9.10. The second-order valence-corrected chi connectivity index (χ2v) is 8.43. The number of nitrogens with one attached hydrogen (secondary N) is 1. The van der Waals surface area contributed by atoms with Crippen molar-refractivity contribution in [3.8, 4) is 5.75 Å². The van der Waals surface area contributed by atoms with Gasteiger partial charge in [0.25, 0.3) is 5.92 Å². The monoisotopic (exact) mass is 559 g/mol. The van der Waals surface area contributed by atoms with Gasteiger partial charge in [-0.05, 0) is 28.1 Å². The van der Waals surface area contributed by atoms with Crippen molar-refractivity contribution in [2.24, 2.45) is 17.5 Å². The van der Waals surface area contributed by atoms with E-state index in [1.807, 2.05) is 41.5 Å². The lowest BCUT2D eigenvalue weighted by Gasteiger charge is -2.11. The predicted octanol–water partition coefficient (Wildman–Crippen LogP) is 7.05. The van der Waals surface area contributed by atoms with Crippen LogP contribution in [0, 0.1) is 5.92 Å². The first-order chi connectivity index (χ1) is 15.3. The Balaban J connectivity index is 0.00000148. The summed E-state index contributed by atoms with van der Waals surface area (Å²) in [5.41, 5.74) is 8.95. The zero-order valence-electron chi connectivity index (χ0n) is 19.2. The first-order valence-corrected chi connectivity index (χ1v) is 13.1. The van der Waals surface area contributed by atoms with Gasteiger partial charge in [0.15, 0.2) is 5.91 Å². The van der Waals surface area contributed by atoms with Crippen LogP contribution in [-0.4, -0.2) is 17.4 Å². The Morgan fingerprint density at radius 3 is 2.34 bits per heavy atom. The van der Waals surface area contributed by atoms with Gasteiger partial charge < -0.3 is 20.8 Å². The van der Waals surface area contributed by atoms with E-state index in [0.717, 1.165) is 11.3 Å². The Labute approximate surface area is 202 Å². The third kappa shape index (κ3) is 7.48. The van der Waals surface area contributed by atoms with Gasteiger partial charge in [0, 0.05) is 28.0 Å². The fourth-order valence-electron chi connectivity index (χ4n) is 2.51. The lowest BCUT2D eigenvalue weighted by molar-refractivity contribution is 0.0858. The highest BCUT2D eigenvalue weighted by Gasteiger charge is 2.57. The summed E-state index contributed by atoms with van der Waals surface area (Å²) in [6.45, 7) is 11.9. The van der Waals surface area contributed by atoms with Gasteiger partial charge in [-0.3, -0.25) is 5.84 Å². The van der Waals surface area contributed by atoms with Gasteiger partial charge >= 0.3 is 0 Å². The number of thiophene rings is 1. The van der Waals surface area contributed by atoms with Crippen molar-refractivity contribution in [1.82, 2.24) is 5.43 Å². The van der Waals surface area contributed by atoms with Crippen molar-refractivity contribution in [2.45, 2.75) is 59.8 Å². The Kier molecular flexibility index (Phi) is 14.5. The lowest BCUT2D eigenvalue weighted by atomic mass is 10.1. The molecule has 11 heteroatoms. The smallest absolute Gasteiger partial charge is 0.255 e. The molecule has 5 nitrogen and oxygen atoms in total. The van der Waals surface area contributed by atoms with Crippen LogP contribution in [0.25, 0.3) is 15.8 Å². The molecule has 3 unspecified atom stereocenters. The van der Waals surface area contributed by atoms with E-state index in [-0.39, 0.29) is 13.0 Å². The zero-order valence-corrected chi connectivity index (χ0v) is 22.6. The van der Waals surface area contributed by atoms with Gasteiger partial charge in [0.05, 0.1) is 36.6 Å². The Morgan fingerprint density at radius 1 is 1.34 bits per heavy atom. The molecular weight excluding hydrogens is 526 g/mol. The minimum Gasteiger partial charge on any atom is -0.492 e. The maximum atomic E-state index is 14.1. The summed E-state index contributed by atoms with van der Waals surface area (Å²) < 4.78 is 47.0. The van der Waals surface area contributed by atoms with E-state index >= 15 is 0 Å². The second-order valence-electron chi connectivity index (χ2n) is 5.82. The molecule has 184 valence electrons. The average Bonchev–Trinajstić information content (AvgIpc) is 3.31. The van der Waals surface area contributed by atoms with Crippen LogP contribution in [0.3, 0.4) is 0 Å². The molecule has 0 radical (unpaired) electrons. The minimum atomic E-state index is -2.69. The van der Waals surface area contributed by atoms with Crippen LogP contribution in [0.5, 0.6) is 5.75 Å². The van der Waals surface area contributed by atoms with Crippen molar-refractivity contribution in [2.75, 3.05) is 6.61 Å². The predicted molar refractivity (Wildman–Crippen MR) is 136 cm³/mol. The molecule has 1 fully saturated rings. The van der Waals surface area contributed by atoms with E-state index in [4.69, 9.17) is 21.2 Å². The molecule has 3 rings (SSSR count). The van der Waals surface area contributed by atoms with Gasteiger partial charge in [0.2, 0.25) is 0 Å². The summed E-state index contributed by atoms with van der Waals surface area (Å²) >= 11 is 4.45. The van der Waals surface area contributed by atoms with E-state index in [1.165, 1.54) is 6.20 Å². The summed E-state index contributed by atoms with van der Waals surface area (Å²) in [4.78, 5) is 9.44. The Morgan fingerprint density at radius 2 is 1.91 bits per heavy atom. The molecule has 0 saturated heterocycles. The van der Waals surface area contributed by atoms with E-state index in [9.17, 15) is 13.2 Å². The number of hydrogen-bond acceptors (Lipinski definition) is 6. The molecule has 3 atom stereocenters. The standard InChI is InChI=1S/C15H16BrF3N3O2PS.3C2H6/c16-11-8-1-6(9(4-20)22-21)2-10(24-5-7-3-15(7,18)19)12(8)26-13(11)14(17)25-23;3*1-2/h1-2,4,7,14,22-23,25H,3,5,20-21H2;3*1-2H3/b9-4-;;;. The number of benzene rings is 1. The minimum absolute atomic E-state index is 0.144. The highest BCUT2D eigenvalue weighted by Crippen LogP contribution is 2.51. The second kappa shape index (κ2) is 15.0. The van der Waals surface area contributed by atoms with Crippen molar-refractivity contribution >= 4 is 51.9 Å². The maximum Gasteiger partial charge on any atom is 0.255 e. The van der Waals surface area contributed by atoms with E-state index in [2.05, 4.69) is 21.4 Å². The third-order valence-corrected chi connectivity index (χ3v) is 7.19. The molecule has 32 heavy (non-hydrogen) atoms. The van der Waals surface area contributed by atoms with Crippen molar-refractivity contribution < 1.29 is 22.8 Å². The number of nitrogens with two attached hydrogens (primary N) is 2. The quantitative estimate of drug-likeness (QED) is 0.165. The number of fused-ring (bicyclic) bond motifs is 1. The van der Waals surface area contributed by atoms with Crippen LogP contribution >= 0.6 is 36.1 Å².